The maximum atomic E-state index is 15.1. The third-order valence-corrected chi connectivity index (χ3v) is 6.31. The first kappa shape index (κ1) is 23.8. The van der Waals surface area contributed by atoms with Gasteiger partial charge in [-0.15, -0.1) is 5.10 Å². The highest BCUT2D eigenvalue weighted by molar-refractivity contribution is 5.89. The number of anilines is 2. The van der Waals surface area contributed by atoms with Crippen LogP contribution >= 0.6 is 0 Å². The maximum absolute atomic E-state index is 15.1. The Hall–Kier alpha value is -3.97. The number of amides is 1. The van der Waals surface area contributed by atoms with Gasteiger partial charge < -0.3 is 20.5 Å². The Morgan fingerprint density at radius 1 is 1.28 bits per heavy atom. The second-order valence-corrected chi connectivity index (χ2v) is 8.69. The largest absolute Gasteiger partial charge is 0.382 e. The summed E-state index contributed by atoms with van der Waals surface area (Å²) < 4.78 is 60.1. The standard InChI is InChI=1S/C22H23F4N9O/c1-11-28-15-4-3-14(29-20(15)34(11)8-6-23)17-13(24)9-35-18(17)19(27)31-21(32-35)30-16-5-7-33(12(2)36)10-22(16,25)26/h3-4,9,16H,5-8,10H2,1-2H3,(H3,27,30,31,32)/t16-/m1/s1. The summed E-state index contributed by atoms with van der Waals surface area (Å²) in [5.74, 6) is -4.15. The number of aromatic nitrogens is 6. The lowest BCUT2D eigenvalue weighted by Crippen LogP contribution is -2.55. The number of nitrogens with zero attached hydrogens (tertiary/aromatic N) is 7. The van der Waals surface area contributed by atoms with Crippen LogP contribution in [0.15, 0.2) is 18.3 Å². The number of fused-ring (bicyclic) bond motifs is 2. The molecule has 0 unspecified atom stereocenters. The van der Waals surface area contributed by atoms with Gasteiger partial charge in [-0.05, 0) is 25.5 Å². The maximum Gasteiger partial charge on any atom is 0.285 e. The van der Waals surface area contributed by atoms with Crippen LogP contribution in [-0.4, -0.2) is 71.7 Å². The summed E-state index contributed by atoms with van der Waals surface area (Å²) in [4.78, 5) is 25.5. The molecule has 0 bridgehead atoms. The van der Waals surface area contributed by atoms with Gasteiger partial charge in [0.15, 0.2) is 17.3 Å². The number of rotatable bonds is 5. The molecule has 1 aliphatic heterocycles. The minimum Gasteiger partial charge on any atom is -0.382 e. The summed E-state index contributed by atoms with van der Waals surface area (Å²) in [7, 11) is 0. The number of imidazole rings is 1. The van der Waals surface area contributed by atoms with Gasteiger partial charge in [-0.1, -0.05) is 0 Å². The monoisotopic (exact) mass is 505 g/mol. The Labute approximate surface area is 202 Å². The SMILES string of the molecule is CC(=O)N1CC[C@@H](Nc2nc(N)c3c(-c4ccc5nc(C)n(CCF)c5n4)c(F)cn3n2)C(F)(F)C1. The quantitative estimate of drug-likeness (QED) is 0.401. The number of pyridine rings is 1. The van der Waals surface area contributed by atoms with Crippen molar-refractivity contribution in [2.45, 2.75) is 38.8 Å². The number of halogens is 4. The second kappa shape index (κ2) is 8.60. The summed E-state index contributed by atoms with van der Waals surface area (Å²) in [6.07, 6.45) is 1.02. The van der Waals surface area contributed by atoms with E-state index in [0.717, 1.165) is 15.6 Å². The normalized spacial score (nSPS) is 17.7. The molecule has 0 aliphatic carbocycles. The molecule has 0 radical (unpaired) electrons. The Kier molecular flexibility index (Phi) is 5.68. The molecule has 3 N–H and O–H groups in total. The van der Waals surface area contributed by atoms with Gasteiger partial charge in [-0.2, -0.15) is 4.98 Å². The lowest BCUT2D eigenvalue weighted by molar-refractivity contribution is -0.140. The van der Waals surface area contributed by atoms with Crippen molar-refractivity contribution < 1.29 is 22.4 Å². The Morgan fingerprint density at radius 2 is 2.06 bits per heavy atom. The van der Waals surface area contributed by atoms with E-state index in [4.69, 9.17) is 5.73 Å². The van der Waals surface area contributed by atoms with E-state index in [1.807, 2.05) is 0 Å². The van der Waals surface area contributed by atoms with Crippen LogP contribution in [-0.2, 0) is 11.3 Å². The number of alkyl halides is 3. The fourth-order valence-electron chi connectivity index (χ4n) is 4.53. The van der Waals surface area contributed by atoms with Crippen LogP contribution < -0.4 is 11.1 Å². The summed E-state index contributed by atoms with van der Waals surface area (Å²) in [5, 5.41) is 6.72. The molecule has 0 saturated carbocycles. The molecule has 10 nitrogen and oxygen atoms in total. The van der Waals surface area contributed by atoms with Crippen molar-refractivity contribution in [3.8, 4) is 11.3 Å². The van der Waals surface area contributed by atoms with Crippen molar-refractivity contribution in [1.29, 1.82) is 0 Å². The first-order valence-electron chi connectivity index (χ1n) is 11.2. The third kappa shape index (κ3) is 3.95. The van der Waals surface area contributed by atoms with Gasteiger partial charge in [0.25, 0.3) is 5.92 Å². The van der Waals surface area contributed by atoms with E-state index in [9.17, 15) is 18.0 Å². The molecule has 1 fully saturated rings. The number of carbonyl (C=O) groups excluding carboxylic acids is 1. The predicted molar refractivity (Wildman–Crippen MR) is 124 cm³/mol. The van der Waals surface area contributed by atoms with Crippen molar-refractivity contribution in [1.82, 2.24) is 34.0 Å². The van der Waals surface area contributed by atoms with Gasteiger partial charge in [-0.25, -0.2) is 32.0 Å². The number of nitrogen functional groups attached to an aromatic ring is 1. The zero-order valence-corrected chi connectivity index (χ0v) is 19.5. The molecule has 5 heterocycles. The summed E-state index contributed by atoms with van der Waals surface area (Å²) in [6.45, 7) is 1.81. The highest BCUT2D eigenvalue weighted by Crippen LogP contribution is 2.33. The average molecular weight is 505 g/mol. The molecule has 5 rings (SSSR count). The molecule has 1 amide bonds. The summed E-state index contributed by atoms with van der Waals surface area (Å²) in [5.41, 5.74) is 7.38. The van der Waals surface area contributed by atoms with E-state index in [2.05, 4.69) is 25.4 Å². The number of likely N-dealkylation sites (tertiary alicyclic amines) is 1. The molecule has 1 saturated heterocycles. The summed E-state index contributed by atoms with van der Waals surface area (Å²) >= 11 is 0. The molecule has 0 aromatic carbocycles. The molecule has 4 aromatic heterocycles. The smallest absolute Gasteiger partial charge is 0.285 e. The highest BCUT2D eigenvalue weighted by atomic mass is 19.3. The van der Waals surface area contributed by atoms with Gasteiger partial charge in [0.1, 0.15) is 23.5 Å². The lowest BCUT2D eigenvalue weighted by Gasteiger charge is -2.38. The molecule has 0 spiro atoms. The van der Waals surface area contributed by atoms with Crippen molar-refractivity contribution in [3.63, 3.8) is 0 Å². The lowest BCUT2D eigenvalue weighted by atomic mass is 10.0. The van der Waals surface area contributed by atoms with Gasteiger partial charge >= 0.3 is 0 Å². The van der Waals surface area contributed by atoms with Crippen molar-refractivity contribution in [2.24, 2.45) is 0 Å². The van der Waals surface area contributed by atoms with Crippen molar-refractivity contribution >= 4 is 34.4 Å². The van der Waals surface area contributed by atoms with Crippen molar-refractivity contribution in [2.75, 3.05) is 30.8 Å². The number of hydrogen-bond donors (Lipinski definition) is 2. The zero-order chi connectivity index (χ0) is 25.8. The molecule has 36 heavy (non-hydrogen) atoms. The Balaban J connectivity index is 1.51. The predicted octanol–water partition coefficient (Wildman–Crippen LogP) is 2.81. The number of nitrogens with one attached hydrogen (secondary N) is 1. The number of piperidine rings is 1. The summed E-state index contributed by atoms with van der Waals surface area (Å²) in [6, 6.07) is 1.86. The fraction of sp³-hybridized carbons (Fsp3) is 0.409. The number of nitrogens with two attached hydrogens (primary N) is 1. The molecular weight excluding hydrogens is 482 g/mol. The number of aryl methyl sites for hydroxylation is 2. The Morgan fingerprint density at radius 3 is 2.75 bits per heavy atom. The minimum atomic E-state index is -3.23. The van der Waals surface area contributed by atoms with Crippen LogP contribution in [0.4, 0.5) is 29.3 Å². The van der Waals surface area contributed by atoms with Crippen LogP contribution in [0.1, 0.15) is 19.2 Å². The Bertz CT molecular complexity index is 1480. The van der Waals surface area contributed by atoms with Gasteiger partial charge in [0.05, 0.1) is 36.6 Å². The number of hydrogen-bond acceptors (Lipinski definition) is 7. The third-order valence-electron chi connectivity index (χ3n) is 6.31. The van der Waals surface area contributed by atoms with Crippen LogP contribution in [0, 0.1) is 12.7 Å². The fourth-order valence-corrected chi connectivity index (χ4v) is 4.53. The first-order valence-corrected chi connectivity index (χ1v) is 11.2. The molecule has 1 aliphatic rings. The minimum absolute atomic E-state index is 0.0201. The van der Waals surface area contributed by atoms with Crippen LogP contribution in [0.5, 0.6) is 0 Å². The molecule has 4 aromatic rings. The van der Waals surface area contributed by atoms with Crippen LogP contribution in [0.3, 0.4) is 0 Å². The van der Waals surface area contributed by atoms with E-state index in [0.29, 0.717) is 17.0 Å². The first-order chi connectivity index (χ1) is 17.1. The highest BCUT2D eigenvalue weighted by Gasteiger charge is 2.45. The van der Waals surface area contributed by atoms with Gasteiger partial charge in [0.2, 0.25) is 11.9 Å². The van der Waals surface area contributed by atoms with Crippen LogP contribution in [0.25, 0.3) is 27.9 Å². The van der Waals surface area contributed by atoms with E-state index in [1.54, 1.807) is 23.6 Å². The van der Waals surface area contributed by atoms with E-state index < -0.39 is 36.9 Å². The van der Waals surface area contributed by atoms with Crippen molar-refractivity contribution in [3.05, 3.63) is 30.0 Å². The topological polar surface area (TPSA) is 119 Å². The van der Waals surface area contributed by atoms with Gasteiger partial charge in [0, 0.05) is 13.5 Å². The average Bonchev–Trinajstić information content (AvgIpc) is 3.30. The molecule has 1 atom stereocenters. The molecule has 14 heteroatoms. The van der Waals surface area contributed by atoms with E-state index in [1.165, 1.54) is 6.92 Å². The number of carbonyl (C=O) groups is 1. The van der Waals surface area contributed by atoms with Crippen LogP contribution in [0.2, 0.25) is 0 Å². The molecular formula is C22H23F4N9O. The van der Waals surface area contributed by atoms with Gasteiger partial charge in [-0.3, -0.25) is 4.79 Å². The second-order valence-electron chi connectivity index (χ2n) is 8.69. The molecule has 190 valence electrons. The zero-order valence-electron chi connectivity index (χ0n) is 19.5. The van der Waals surface area contributed by atoms with E-state index in [-0.39, 0.29) is 48.1 Å². The van der Waals surface area contributed by atoms with E-state index >= 15 is 4.39 Å².